The third-order valence-electron chi connectivity index (χ3n) is 5.14. The summed E-state index contributed by atoms with van der Waals surface area (Å²) < 4.78 is 0. The molecule has 0 amide bonds. The zero-order chi connectivity index (χ0) is 17.1. The first kappa shape index (κ1) is 16.2. The second-order valence-electron chi connectivity index (χ2n) is 6.84. The fourth-order valence-electron chi connectivity index (χ4n) is 3.79. The van der Waals surface area contributed by atoms with Gasteiger partial charge in [-0.25, -0.2) is 0 Å². The molecule has 0 bridgehead atoms. The Bertz CT molecular complexity index is 836. The van der Waals surface area contributed by atoms with Crippen LogP contribution < -0.4 is 10.2 Å². The predicted octanol–water partition coefficient (Wildman–Crippen LogP) is 3.42. The van der Waals surface area contributed by atoms with E-state index in [1.165, 1.54) is 22.2 Å². The van der Waals surface area contributed by atoms with Crippen LogP contribution in [0.2, 0.25) is 0 Å². The molecule has 0 unspecified atom stereocenters. The van der Waals surface area contributed by atoms with Gasteiger partial charge in [-0.1, -0.05) is 24.3 Å². The number of anilines is 1. The van der Waals surface area contributed by atoms with Crippen LogP contribution in [0.4, 0.5) is 5.69 Å². The van der Waals surface area contributed by atoms with E-state index in [0.717, 1.165) is 38.0 Å². The van der Waals surface area contributed by atoms with Crippen LogP contribution in [0.25, 0.3) is 10.9 Å². The normalized spacial score (nSPS) is 15.6. The SMILES string of the molecule is OCc1cccc(CN(c2ccc3[nH]ccc3c2)C2CCNCC2)c1. The first-order valence-electron chi connectivity index (χ1n) is 9.07. The molecule has 0 spiro atoms. The molecule has 3 aromatic rings. The van der Waals surface area contributed by atoms with E-state index in [4.69, 9.17) is 0 Å². The number of aliphatic hydroxyl groups excluding tert-OH is 1. The number of hydrogen-bond donors (Lipinski definition) is 3. The molecule has 1 fully saturated rings. The average molecular weight is 335 g/mol. The average Bonchev–Trinajstić information content (AvgIpc) is 3.15. The standard InChI is InChI=1S/C21H25N3O/c25-15-17-3-1-2-16(12-17)14-24(19-7-9-22-10-8-19)20-4-5-21-18(13-20)6-11-23-21/h1-6,11-13,19,22-23,25H,7-10,14-15H2. The molecule has 4 rings (SSSR count). The topological polar surface area (TPSA) is 51.3 Å². The van der Waals surface area contributed by atoms with Crippen molar-refractivity contribution in [3.05, 3.63) is 65.9 Å². The molecule has 0 aliphatic carbocycles. The Morgan fingerprint density at radius 3 is 2.68 bits per heavy atom. The van der Waals surface area contributed by atoms with Gasteiger partial charge in [-0.3, -0.25) is 0 Å². The number of benzene rings is 2. The van der Waals surface area contributed by atoms with Crippen molar-refractivity contribution in [3.8, 4) is 0 Å². The molecule has 2 aromatic carbocycles. The van der Waals surface area contributed by atoms with Crippen molar-refractivity contribution in [1.82, 2.24) is 10.3 Å². The van der Waals surface area contributed by atoms with E-state index in [1.807, 2.05) is 18.3 Å². The molecular formula is C21H25N3O. The predicted molar refractivity (Wildman–Crippen MR) is 103 cm³/mol. The van der Waals surface area contributed by atoms with E-state index >= 15 is 0 Å². The van der Waals surface area contributed by atoms with Crippen LogP contribution in [0.5, 0.6) is 0 Å². The summed E-state index contributed by atoms with van der Waals surface area (Å²) in [6, 6.07) is 17.6. The van der Waals surface area contributed by atoms with Crippen LogP contribution in [0.1, 0.15) is 24.0 Å². The molecule has 130 valence electrons. The monoisotopic (exact) mass is 335 g/mol. The lowest BCUT2D eigenvalue weighted by atomic mass is 10.0. The second-order valence-corrected chi connectivity index (χ2v) is 6.84. The Morgan fingerprint density at radius 2 is 1.84 bits per heavy atom. The highest BCUT2D eigenvalue weighted by molar-refractivity contribution is 5.83. The lowest BCUT2D eigenvalue weighted by Gasteiger charge is -2.36. The second kappa shape index (κ2) is 7.30. The van der Waals surface area contributed by atoms with Gasteiger partial charge >= 0.3 is 0 Å². The summed E-state index contributed by atoms with van der Waals surface area (Å²) in [7, 11) is 0. The van der Waals surface area contributed by atoms with Gasteiger partial charge in [-0.05, 0) is 61.3 Å². The molecule has 2 heterocycles. The van der Waals surface area contributed by atoms with Gasteiger partial charge in [0.05, 0.1) is 6.61 Å². The fourth-order valence-corrected chi connectivity index (χ4v) is 3.79. The Hall–Kier alpha value is -2.30. The molecule has 1 saturated heterocycles. The van der Waals surface area contributed by atoms with Crippen LogP contribution >= 0.6 is 0 Å². The van der Waals surface area contributed by atoms with Gasteiger partial charge in [-0.2, -0.15) is 0 Å². The van der Waals surface area contributed by atoms with Crippen molar-refractivity contribution >= 4 is 16.6 Å². The van der Waals surface area contributed by atoms with Crippen LogP contribution in [-0.2, 0) is 13.2 Å². The van der Waals surface area contributed by atoms with Crippen LogP contribution in [-0.4, -0.2) is 29.2 Å². The number of nitrogens with zero attached hydrogens (tertiary/aromatic N) is 1. The van der Waals surface area contributed by atoms with Gasteiger partial charge in [-0.15, -0.1) is 0 Å². The maximum absolute atomic E-state index is 9.43. The third kappa shape index (κ3) is 3.55. The number of aromatic nitrogens is 1. The maximum Gasteiger partial charge on any atom is 0.0681 e. The zero-order valence-corrected chi connectivity index (χ0v) is 14.4. The molecule has 0 atom stereocenters. The van der Waals surface area contributed by atoms with Crippen molar-refractivity contribution < 1.29 is 5.11 Å². The van der Waals surface area contributed by atoms with E-state index < -0.39 is 0 Å². The first-order valence-corrected chi connectivity index (χ1v) is 9.07. The van der Waals surface area contributed by atoms with Gasteiger partial charge in [0, 0.05) is 35.4 Å². The lowest BCUT2D eigenvalue weighted by molar-refractivity contribution is 0.281. The quantitative estimate of drug-likeness (QED) is 0.670. The Kier molecular flexibility index (Phi) is 4.72. The summed E-state index contributed by atoms with van der Waals surface area (Å²) in [6.07, 6.45) is 4.31. The summed E-state index contributed by atoms with van der Waals surface area (Å²) in [5, 5.41) is 14.1. The number of H-pyrrole nitrogens is 1. The van der Waals surface area contributed by atoms with Crippen LogP contribution in [0.15, 0.2) is 54.7 Å². The summed E-state index contributed by atoms with van der Waals surface area (Å²) in [5.41, 5.74) is 4.67. The molecule has 0 saturated carbocycles. The number of hydrogen-bond acceptors (Lipinski definition) is 3. The van der Waals surface area contributed by atoms with Crippen molar-refractivity contribution in [1.29, 1.82) is 0 Å². The lowest BCUT2D eigenvalue weighted by Crippen LogP contribution is -2.43. The Balaban J connectivity index is 1.67. The summed E-state index contributed by atoms with van der Waals surface area (Å²) in [6.45, 7) is 3.11. The minimum absolute atomic E-state index is 0.0937. The van der Waals surface area contributed by atoms with E-state index in [2.05, 4.69) is 51.6 Å². The van der Waals surface area contributed by atoms with Gasteiger partial charge in [0.25, 0.3) is 0 Å². The molecule has 1 aliphatic heterocycles. The molecule has 1 aromatic heterocycles. The minimum Gasteiger partial charge on any atom is -0.392 e. The number of fused-ring (bicyclic) bond motifs is 1. The molecule has 25 heavy (non-hydrogen) atoms. The highest BCUT2D eigenvalue weighted by Gasteiger charge is 2.22. The highest BCUT2D eigenvalue weighted by atomic mass is 16.3. The Morgan fingerprint density at radius 1 is 1.00 bits per heavy atom. The molecule has 4 heteroatoms. The number of aromatic amines is 1. The van der Waals surface area contributed by atoms with Crippen LogP contribution in [0, 0.1) is 0 Å². The molecule has 3 N–H and O–H groups in total. The van der Waals surface area contributed by atoms with E-state index in [0.29, 0.717) is 6.04 Å². The maximum atomic E-state index is 9.43. The van der Waals surface area contributed by atoms with Crippen molar-refractivity contribution in [2.24, 2.45) is 0 Å². The highest BCUT2D eigenvalue weighted by Crippen LogP contribution is 2.27. The number of aliphatic hydroxyl groups is 1. The van der Waals surface area contributed by atoms with Gasteiger partial charge in [0.15, 0.2) is 0 Å². The third-order valence-corrected chi connectivity index (χ3v) is 5.14. The number of nitrogens with one attached hydrogen (secondary N) is 2. The van der Waals surface area contributed by atoms with Crippen molar-refractivity contribution in [2.45, 2.75) is 32.0 Å². The van der Waals surface area contributed by atoms with Crippen molar-refractivity contribution in [3.63, 3.8) is 0 Å². The summed E-state index contributed by atoms with van der Waals surface area (Å²) >= 11 is 0. The minimum atomic E-state index is 0.0937. The van der Waals surface area contributed by atoms with Crippen LogP contribution in [0.3, 0.4) is 0 Å². The molecule has 0 radical (unpaired) electrons. The van der Waals surface area contributed by atoms with E-state index in [9.17, 15) is 5.11 Å². The largest absolute Gasteiger partial charge is 0.392 e. The molecule has 4 nitrogen and oxygen atoms in total. The fraction of sp³-hybridized carbons (Fsp3) is 0.333. The number of rotatable bonds is 5. The first-order chi connectivity index (χ1) is 12.3. The van der Waals surface area contributed by atoms with E-state index in [-0.39, 0.29) is 6.61 Å². The zero-order valence-electron chi connectivity index (χ0n) is 14.4. The van der Waals surface area contributed by atoms with E-state index in [1.54, 1.807) is 0 Å². The summed E-state index contributed by atoms with van der Waals surface area (Å²) in [4.78, 5) is 5.81. The van der Waals surface area contributed by atoms with Crippen molar-refractivity contribution in [2.75, 3.05) is 18.0 Å². The number of piperidine rings is 1. The molecular weight excluding hydrogens is 310 g/mol. The Labute approximate surface area is 148 Å². The van der Waals surface area contributed by atoms with Gasteiger partial charge in [0.2, 0.25) is 0 Å². The molecule has 1 aliphatic rings. The summed E-state index contributed by atoms with van der Waals surface area (Å²) in [5.74, 6) is 0. The van der Waals surface area contributed by atoms with Gasteiger partial charge < -0.3 is 20.3 Å². The smallest absolute Gasteiger partial charge is 0.0681 e. The van der Waals surface area contributed by atoms with Gasteiger partial charge in [0.1, 0.15) is 0 Å².